The molecule has 2 rings (SSSR count). The first-order chi connectivity index (χ1) is 14.3. The number of carbonyl (C=O) groups is 2. The van der Waals surface area contributed by atoms with Crippen LogP contribution in [-0.2, 0) is 11.3 Å². The van der Waals surface area contributed by atoms with Crippen molar-refractivity contribution in [2.24, 2.45) is 0 Å². The first-order valence-corrected chi connectivity index (χ1v) is 9.07. The van der Waals surface area contributed by atoms with Gasteiger partial charge in [0.1, 0.15) is 0 Å². The van der Waals surface area contributed by atoms with Crippen LogP contribution in [0.15, 0.2) is 36.5 Å². The molecule has 10 heteroatoms. The van der Waals surface area contributed by atoms with Gasteiger partial charge in [0.2, 0.25) is 11.8 Å². The third-order valence-corrected chi connectivity index (χ3v) is 3.70. The normalized spacial score (nSPS) is 10.6. The van der Waals surface area contributed by atoms with Crippen molar-refractivity contribution < 1.29 is 32.6 Å². The number of hydrogen-bond donors (Lipinski definition) is 2. The molecule has 0 radical (unpaired) electrons. The van der Waals surface area contributed by atoms with Crippen molar-refractivity contribution >= 4 is 11.8 Å². The fourth-order valence-electron chi connectivity index (χ4n) is 2.35. The van der Waals surface area contributed by atoms with Gasteiger partial charge in [-0.3, -0.25) is 9.59 Å². The van der Waals surface area contributed by atoms with Crippen LogP contribution in [0.25, 0.3) is 0 Å². The Morgan fingerprint density at radius 3 is 2.43 bits per heavy atom. The number of alkyl halides is 2. The zero-order valence-corrected chi connectivity index (χ0v) is 16.8. The molecular formula is C20H23F2N3O5. The van der Waals surface area contributed by atoms with Crippen LogP contribution in [0.2, 0.25) is 0 Å². The van der Waals surface area contributed by atoms with E-state index in [0.717, 1.165) is 5.56 Å². The SMILES string of the molecule is COc1cc(C(=O)NCC(=O)NCc2ccc(OC(C)C)nc2)ccc1OC(F)F. The molecule has 2 amide bonds. The Morgan fingerprint density at radius 2 is 1.83 bits per heavy atom. The Kier molecular flexibility index (Phi) is 8.33. The number of rotatable bonds is 10. The Labute approximate surface area is 172 Å². The number of methoxy groups -OCH3 is 1. The van der Waals surface area contributed by atoms with E-state index in [1.54, 1.807) is 18.3 Å². The van der Waals surface area contributed by atoms with Gasteiger partial charge in [-0.15, -0.1) is 0 Å². The lowest BCUT2D eigenvalue weighted by Crippen LogP contribution is -2.36. The molecule has 1 heterocycles. The van der Waals surface area contributed by atoms with E-state index in [1.165, 1.54) is 25.3 Å². The van der Waals surface area contributed by atoms with Crippen LogP contribution in [0.4, 0.5) is 8.78 Å². The summed E-state index contributed by atoms with van der Waals surface area (Å²) < 4.78 is 39.4. The Bertz CT molecular complexity index is 860. The molecule has 0 atom stereocenters. The Hall–Kier alpha value is -3.43. The molecule has 1 aromatic carbocycles. The predicted molar refractivity (Wildman–Crippen MR) is 104 cm³/mol. The summed E-state index contributed by atoms with van der Waals surface area (Å²) in [6, 6.07) is 7.22. The molecule has 0 saturated heterocycles. The van der Waals surface area contributed by atoms with E-state index in [9.17, 15) is 18.4 Å². The van der Waals surface area contributed by atoms with Crippen molar-refractivity contribution in [3.05, 3.63) is 47.7 Å². The quantitative estimate of drug-likeness (QED) is 0.609. The van der Waals surface area contributed by atoms with Gasteiger partial charge >= 0.3 is 6.61 Å². The fraction of sp³-hybridized carbons (Fsp3) is 0.350. The fourth-order valence-corrected chi connectivity index (χ4v) is 2.35. The van der Waals surface area contributed by atoms with Gasteiger partial charge < -0.3 is 24.8 Å². The molecule has 0 spiro atoms. The first kappa shape index (κ1) is 22.9. The van der Waals surface area contributed by atoms with Crippen molar-refractivity contribution in [2.75, 3.05) is 13.7 Å². The van der Waals surface area contributed by atoms with Crippen LogP contribution < -0.4 is 24.8 Å². The highest BCUT2D eigenvalue weighted by Crippen LogP contribution is 2.29. The molecular weight excluding hydrogens is 400 g/mol. The van der Waals surface area contributed by atoms with Gasteiger partial charge in [-0.25, -0.2) is 4.98 Å². The highest BCUT2D eigenvalue weighted by atomic mass is 19.3. The van der Waals surface area contributed by atoms with E-state index >= 15 is 0 Å². The van der Waals surface area contributed by atoms with Gasteiger partial charge in [0.15, 0.2) is 11.5 Å². The molecule has 0 aliphatic heterocycles. The largest absolute Gasteiger partial charge is 0.493 e. The maximum absolute atomic E-state index is 12.4. The average Bonchev–Trinajstić information content (AvgIpc) is 2.71. The number of halogens is 2. The maximum Gasteiger partial charge on any atom is 0.387 e. The summed E-state index contributed by atoms with van der Waals surface area (Å²) in [6.07, 6.45) is 1.60. The molecule has 162 valence electrons. The summed E-state index contributed by atoms with van der Waals surface area (Å²) in [6.45, 7) is 0.740. The van der Waals surface area contributed by atoms with Crippen LogP contribution in [-0.4, -0.2) is 43.2 Å². The van der Waals surface area contributed by atoms with Crippen molar-refractivity contribution in [1.29, 1.82) is 0 Å². The molecule has 0 fully saturated rings. The van der Waals surface area contributed by atoms with Crippen LogP contribution >= 0.6 is 0 Å². The third-order valence-electron chi connectivity index (χ3n) is 3.70. The van der Waals surface area contributed by atoms with Crippen molar-refractivity contribution in [3.63, 3.8) is 0 Å². The number of aromatic nitrogens is 1. The van der Waals surface area contributed by atoms with Crippen molar-refractivity contribution in [2.45, 2.75) is 33.1 Å². The van der Waals surface area contributed by atoms with Gasteiger partial charge in [-0.2, -0.15) is 8.78 Å². The standard InChI is InChI=1S/C20H23F2N3O5/c1-12(2)29-18-7-4-13(10-24-18)9-23-17(26)11-25-19(27)14-5-6-15(30-20(21)22)16(8-14)28-3/h4-8,10,12,20H,9,11H2,1-3H3,(H,23,26)(H,25,27). The highest BCUT2D eigenvalue weighted by Gasteiger charge is 2.15. The molecule has 8 nitrogen and oxygen atoms in total. The summed E-state index contributed by atoms with van der Waals surface area (Å²) in [5, 5.41) is 5.10. The zero-order chi connectivity index (χ0) is 22.1. The second-order valence-electron chi connectivity index (χ2n) is 6.37. The summed E-state index contributed by atoms with van der Waals surface area (Å²) >= 11 is 0. The zero-order valence-electron chi connectivity index (χ0n) is 16.8. The number of nitrogens with one attached hydrogen (secondary N) is 2. The smallest absolute Gasteiger partial charge is 0.387 e. The van der Waals surface area contributed by atoms with E-state index in [4.69, 9.17) is 9.47 Å². The van der Waals surface area contributed by atoms with E-state index < -0.39 is 18.4 Å². The number of benzene rings is 1. The Balaban J connectivity index is 1.83. The van der Waals surface area contributed by atoms with Crippen molar-refractivity contribution in [1.82, 2.24) is 15.6 Å². The number of nitrogens with zero attached hydrogens (tertiary/aromatic N) is 1. The summed E-state index contributed by atoms with van der Waals surface area (Å²) in [5.74, 6) is -0.697. The molecule has 2 aromatic rings. The van der Waals surface area contributed by atoms with Gasteiger partial charge in [-0.05, 0) is 37.6 Å². The van der Waals surface area contributed by atoms with Crippen LogP contribution in [0, 0.1) is 0 Å². The number of amides is 2. The van der Waals surface area contributed by atoms with E-state index in [1.807, 2.05) is 13.8 Å². The van der Waals surface area contributed by atoms with Gasteiger partial charge in [-0.1, -0.05) is 6.07 Å². The van der Waals surface area contributed by atoms with Crippen LogP contribution in [0.1, 0.15) is 29.8 Å². The van der Waals surface area contributed by atoms with E-state index in [0.29, 0.717) is 5.88 Å². The lowest BCUT2D eigenvalue weighted by atomic mass is 10.2. The van der Waals surface area contributed by atoms with Crippen molar-refractivity contribution in [3.8, 4) is 17.4 Å². The minimum absolute atomic E-state index is 0.0136. The molecule has 30 heavy (non-hydrogen) atoms. The summed E-state index contributed by atoms with van der Waals surface area (Å²) in [4.78, 5) is 28.3. The first-order valence-electron chi connectivity index (χ1n) is 9.07. The summed E-state index contributed by atoms with van der Waals surface area (Å²) in [5.41, 5.74) is 0.899. The van der Waals surface area contributed by atoms with Crippen LogP contribution in [0.3, 0.4) is 0 Å². The summed E-state index contributed by atoms with van der Waals surface area (Å²) in [7, 11) is 1.26. The molecule has 1 aromatic heterocycles. The molecule has 2 N–H and O–H groups in total. The topological polar surface area (TPSA) is 98.8 Å². The van der Waals surface area contributed by atoms with Gasteiger partial charge in [0.05, 0.1) is 19.8 Å². The number of pyridine rings is 1. The second kappa shape index (κ2) is 10.9. The highest BCUT2D eigenvalue weighted by molar-refractivity contribution is 5.97. The van der Waals surface area contributed by atoms with Gasteiger partial charge in [0, 0.05) is 24.4 Å². The maximum atomic E-state index is 12.4. The number of carbonyl (C=O) groups excluding carboxylic acids is 2. The number of hydrogen-bond acceptors (Lipinski definition) is 6. The van der Waals surface area contributed by atoms with Crippen LogP contribution in [0.5, 0.6) is 17.4 Å². The molecule has 0 bridgehead atoms. The second-order valence-corrected chi connectivity index (χ2v) is 6.37. The minimum atomic E-state index is -3.02. The number of ether oxygens (including phenoxy) is 3. The molecule has 0 unspecified atom stereocenters. The monoisotopic (exact) mass is 423 g/mol. The van der Waals surface area contributed by atoms with E-state index in [2.05, 4.69) is 20.4 Å². The third kappa shape index (κ3) is 7.19. The lowest BCUT2D eigenvalue weighted by Gasteiger charge is -2.12. The van der Waals surface area contributed by atoms with E-state index in [-0.39, 0.29) is 36.3 Å². The van der Waals surface area contributed by atoms with Gasteiger partial charge in [0.25, 0.3) is 5.91 Å². The minimum Gasteiger partial charge on any atom is -0.493 e. The Morgan fingerprint density at radius 1 is 1.07 bits per heavy atom. The molecule has 0 aliphatic carbocycles. The lowest BCUT2D eigenvalue weighted by molar-refractivity contribution is -0.120. The average molecular weight is 423 g/mol. The predicted octanol–water partition coefficient (Wildman–Crippen LogP) is 2.52. The molecule has 0 aliphatic rings. The molecule has 0 saturated carbocycles.